The van der Waals surface area contributed by atoms with E-state index in [9.17, 15) is 14.7 Å². The maximum Gasteiger partial charge on any atom is 0.315 e. The SMILES string of the molecule is C=C(C)CNC(=O)NCC1(C(=O)O)CCOCC1. The summed E-state index contributed by atoms with van der Waals surface area (Å²) in [6, 6.07) is -0.370. The number of carbonyl (C=O) groups is 2. The Morgan fingerprint density at radius 2 is 1.94 bits per heavy atom. The highest BCUT2D eigenvalue weighted by molar-refractivity contribution is 5.78. The van der Waals surface area contributed by atoms with Crippen LogP contribution in [0.5, 0.6) is 0 Å². The molecule has 0 spiro atoms. The highest BCUT2D eigenvalue weighted by Crippen LogP contribution is 2.29. The van der Waals surface area contributed by atoms with Gasteiger partial charge in [-0.3, -0.25) is 4.79 Å². The van der Waals surface area contributed by atoms with E-state index in [0.717, 1.165) is 5.57 Å². The summed E-state index contributed by atoms with van der Waals surface area (Å²) in [7, 11) is 0. The maximum atomic E-state index is 11.5. The first-order chi connectivity index (χ1) is 8.46. The fourth-order valence-corrected chi connectivity index (χ4v) is 1.77. The number of amides is 2. The third kappa shape index (κ3) is 4.03. The Kier molecular flexibility index (Phi) is 5.15. The van der Waals surface area contributed by atoms with Crippen LogP contribution in [0.4, 0.5) is 4.79 Å². The molecule has 1 heterocycles. The number of urea groups is 1. The number of carboxylic acids is 1. The average molecular weight is 256 g/mol. The molecule has 0 aromatic heterocycles. The zero-order valence-electron chi connectivity index (χ0n) is 10.6. The van der Waals surface area contributed by atoms with Crippen molar-refractivity contribution in [1.29, 1.82) is 0 Å². The fraction of sp³-hybridized carbons (Fsp3) is 0.667. The maximum absolute atomic E-state index is 11.5. The summed E-state index contributed by atoms with van der Waals surface area (Å²) in [4.78, 5) is 22.8. The number of nitrogens with one attached hydrogen (secondary N) is 2. The molecule has 0 bridgehead atoms. The number of ether oxygens (including phenoxy) is 1. The van der Waals surface area contributed by atoms with Gasteiger partial charge in [-0.1, -0.05) is 12.2 Å². The summed E-state index contributed by atoms with van der Waals surface area (Å²) in [5, 5.41) is 14.5. The predicted molar refractivity (Wildman–Crippen MR) is 66.3 cm³/mol. The van der Waals surface area contributed by atoms with Crippen LogP contribution in [0.25, 0.3) is 0 Å². The second kappa shape index (κ2) is 6.39. The van der Waals surface area contributed by atoms with Gasteiger partial charge >= 0.3 is 12.0 Å². The number of rotatable bonds is 5. The highest BCUT2D eigenvalue weighted by atomic mass is 16.5. The third-order valence-corrected chi connectivity index (χ3v) is 3.04. The molecule has 0 radical (unpaired) electrons. The summed E-state index contributed by atoms with van der Waals surface area (Å²) in [6.45, 7) is 6.81. The standard InChI is InChI=1S/C12H20N2O4/c1-9(2)7-13-11(17)14-8-12(10(15)16)3-5-18-6-4-12/h1,3-8H2,2H3,(H,15,16)(H2,13,14,17). The van der Waals surface area contributed by atoms with Gasteiger partial charge in [0, 0.05) is 26.3 Å². The topological polar surface area (TPSA) is 87.7 Å². The fourth-order valence-electron chi connectivity index (χ4n) is 1.77. The largest absolute Gasteiger partial charge is 0.481 e. The molecule has 0 atom stereocenters. The van der Waals surface area contributed by atoms with Crippen molar-refractivity contribution in [2.24, 2.45) is 5.41 Å². The van der Waals surface area contributed by atoms with Gasteiger partial charge in [0.15, 0.2) is 0 Å². The lowest BCUT2D eigenvalue weighted by Crippen LogP contribution is -2.49. The quantitative estimate of drug-likeness (QED) is 0.633. The number of hydrogen-bond donors (Lipinski definition) is 3. The summed E-state index contributed by atoms with van der Waals surface area (Å²) in [5.41, 5.74) is -0.0668. The van der Waals surface area contributed by atoms with Crippen LogP contribution in [-0.4, -0.2) is 43.4 Å². The van der Waals surface area contributed by atoms with E-state index in [1.165, 1.54) is 0 Å². The average Bonchev–Trinajstić information content (AvgIpc) is 2.34. The molecule has 102 valence electrons. The highest BCUT2D eigenvalue weighted by Gasteiger charge is 2.40. The van der Waals surface area contributed by atoms with E-state index in [4.69, 9.17) is 4.74 Å². The van der Waals surface area contributed by atoms with Crippen LogP contribution >= 0.6 is 0 Å². The number of carbonyl (C=O) groups excluding carboxylic acids is 1. The number of hydrogen-bond acceptors (Lipinski definition) is 3. The van der Waals surface area contributed by atoms with Crippen molar-refractivity contribution in [3.63, 3.8) is 0 Å². The molecule has 6 heteroatoms. The third-order valence-electron chi connectivity index (χ3n) is 3.04. The van der Waals surface area contributed by atoms with Crippen LogP contribution in [0.1, 0.15) is 19.8 Å². The lowest BCUT2D eigenvalue weighted by molar-refractivity contribution is -0.154. The molecule has 18 heavy (non-hydrogen) atoms. The molecule has 2 amide bonds. The van der Waals surface area contributed by atoms with E-state index in [1.54, 1.807) is 6.92 Å². The van der Waals surface area contributed by atoms with Crippen molar-refractivity contribution in [3.05, 3.63) is 12.2 Å². The van der Waals surface area contributed by atoms with Crippen molar-refractivity contribution < 1.29 is 19.4 Å². The Bertz CT molecular complexity index is 335. The van der Waals surface area contributed by atoms with Crippen LogP contribution in [0, 0.1) is 5.41 Å². The van der Waals surface area contributed by atoms with E-state index in [2.05, 4.69) is 17.2 Å². The normalized spacial score (nSPS) is 17.8. The molecule has 6 nitrogen and oxygen atoms in total. The summed E-state index contributed by atoms with van der Waals surface area (Å²) < 4.78 is 5.16. The zero-order chi connectivity index (χ0) is 13.6. The van der Waals surface area contributed by atoms with Gasteiger partial charge in [0.05, 0.1) is 5.41 Å². The Morgan fingerprint density at radius 1 is 1.33 bits per heavy atom. The van der Waals surface area contributed by atoms with Crippen LogP contribution in [0.15, 0.2) is 12.2 Å². The molecule has 0 saturated carbocycles. The van der Waals surface area contributed by atoms with E-state index in [1.807, 2.05) is 0 Å². The van der Waals surface area contributed by atoms with Gasteiger partial charge in [-0.25, -0.2) is 4.79 Å². The Labute approximate surface area is 106 Å². The minimum atomic E-state index is -0.904. The molecule has 3 N–H and O–H groups in total. The van der Waals surface area contributed by atoms with Gasteiger partial charge in [-0.2, -0.15) is 0 Å². The molecule has 0 aromatic rings. The zero-order valence-corrected chi connectivity index (χ0v) is 10.6. The van der Waals surface area contributed by atoms with Crippen LogP contribution in [-0.2, 0) is 9.53 Å². The van der Waals surface area contributed by atoms with E-state index >= 15 is 0 Å². The minimum absolute atomic E-state index is 0.119. The van der Waals surface area contributed by atoms with E-state index in [0.29, 0.717) is 32.6 Å². The van der Waals surface area contributed by atoms with Crippen molar-refractivity contribution in [1.82, 2.24) is 10.6 Å². The first-order valence-electron chi connectivity index (χ1n) is 5.93. The van der Waals surface area contributed by atoms with Crippen LogP contribution in [0.2, 0.25) is 0 Å². The molecule has 1 rings (SSSR count). The second-order valence-corrected chi connectivity index (χ2v) is 4.69. The van der Waals surface area contributed by atoms with Crippen LogP contribution < -0.4 is 10.6 Å². The smallest absolute Gasteiger partial charge is 0.315 e. The van der Waals surface area contributed by atoms with Gasteiger partial charge in [0.25, 0.3) is 0 Å². The van der Waals surface area contributed by atoms with Crippen molar-refractivity contribution in [2.75, 3.05) is 26.3 Å². The second-order valence-electron chi connectivity index (χ2n) is 4.69. The van der Waals surface area contributed by atoms with Crippen LogP contribution in [0.3, 0.4) is 0 Å². The molecule has 0 unspecified atom stereocenters. The van der Waals surface area contributed by atoms with Crippen molar-refractivity contribution in [3.8, 4) is 0 Å². The van der Waals surface area contributed by atoms with Crippen molar-refractivity contribution >= 4 is 12.0 Å². The lowest BCUT2D eigenvalue weighted by Gasteiger charge is -2.33. The first-order valence-corrected chi connectivity index (χ1v) is 5.93. The Morgan fingerprint density at radius 3 is 2.44 bits per heavy atom. The molecule has 0 aromatic carbocycles. The Balaban J connectivity index is 2.45. The molecule has 1 aliphatic heterocycles. The minimum Gasteiger partial charge on any atom is -0.481 e. The molecular formula is C12H20N2O4. The van der Waals surface area contributed by atoms with Gasteiger partial charge in [0.1, 0.15) is 0 Å². The molecule has 1 saturated heterocycles. The number of carboxylic acid groups (broad SMARTS) is 1. The summed E-state index contributed by atoms with van der Waals surface area (Å²) in [6.07, 6.45) is 0.839. The van der Waals surface area contributed by atoms with E-state index in [-0.39, 0.29) is 12.6 Å². The van der Waals surface area contributed by atoms with Gasteiger partial charge < -0.3 is 20.5 Å². The van der Waals surface area contributed by atoms with Gasteiger partial charge in [-0.15, -0.1) is 0 Å². The Hall–Kier alpha value is -1.56. The predicted octanol–water partition coefficient (Wildman–Crippen LogP) is 0.743. The van der Waals surface area contributed by atoms with Gasteiger partial charge in [-0.05, 0) is 19.8 Å². The molecular weight excluding hydrogens is 236 g/mol. The van der Waals surface area contributed by atoms with Gasteiger partial charge in [0.2, 0.25) is 0 Å². The summed E-state index contributed by atoms with van der Waals surface area (Å²) >= 11 is 0. The molecule has 1 aliphatic rings. The van der Waals surface area contributed by atoms with Crippen molar-refractivity contribution in [2.45, 2.75) is 19.8 Å². The molecule has 1 fully saturated rings. The monoisotopic (exact) mass is 256 g/mol. The first kappa shape index (κ1) is 14.5. The lowest BCUT2D eigenvalue weighted by atomic mass is 9.80. The van der Waals surface area contributed by atoms with E-state index < -0.39 is 11.4 Å². The number of aliphatic carboxylic acids is 1. The summed E-state index contributed by atoms with van der Waals surface area (Å²) in [5.74, 6) is -0.883. The molecule has 0 aliphatic carbocycles.